The molecule has 1 aliphatic rings. The Morgan fingerprint density at radius 2 is 1.69 bits per heavy atom. The molecule has 36 heavy (non-hydrogen) atoms. The van der Waals surface area contributed by atoms with Crippen molar-refractivity contribution in [3.05, 3.63) is 96.1 Å². The third-order valence-electron chi connectivity index (χ3n) is 5.64. The van der Waals surface area contributed by atoms with E-state index < -0.39 is 0 Å². The summed E-state index contributed by atoms with van der Waals surface area (Å²) in [6, 6.07) is 23.3. The number of para-hydroxylation sites is 1. The van der Waals surface area contributed by atoms with Gasteiger partial charge < -0.3 is 24.2 Å². The molecule has 1 aromatic heterocycles. The lowest BCUT2D eigenvalue weighted by atomic mass is 10.2. The lowest BCUT2D eigenvalue weighted by Crippen LogP contribution is -2.37. The number of carbonyl (C=O) groups is 2. The second-order valence-corrected chi connectivity index (χ2v) is 8.33. The molecule has 1 unspecified atom stereocenters. The number of aryl methyl sites for hydroxylation is 1. The Balaban J connectivity index is 1.14. The van der Waals surface area contributed by atoms with E-state index in [2.05, 4.69) is 15.5 Å². The summed E-state index contributed by atoms with van der Waals surface area (Å²) in [6.07, 6.45) is 0.235. The zero-order chi connectivity index (χ0) is 24.9. The van der Waals surface area contributed by atoms with Gasteiger partial charge in [-0.05, 0) is 60.7 Å². The number of rotatable bonds is 8. The van der Waals surface area contributed by atoms with Crippen molar-refractivity contribution in [1.29, 1.82) is 0 Å². The molecule has 0 radical (unpaired) electrons. The SMILES string of the molecule is Cc1nc(COc2ccc(C(=O)NC3CC(=O)N(c4ccc(Oc5ccccc5)cc4)C3)cc2)no1. The molecule has 0 spiro atoms. The van der Waals surface area contributed by atoms with E-state index in [4.69, 9.17) is 14.0 Å². The summed E-state index contributed by atoms with van der Waals surface area (Å²) in [4.78, 5) is 31.1. The highest BCUT2D eigenvalue weighted by Crippen LogP contribution is 2.27. The molecule has 1 atom stereocenters. The Kier molecular flexibility index (Phi) is 6.61. The minimum Gasteiger partial charge on any atom is -0.485 e. The van der Waals surface area contributed by atoms with E-state index in [0.29, 0.717) is 35.3 Å². The zero-order valence-electron chi connectivity index (χ0n) is 19.6. The third-order valence-corrected chi connectivity index (χ3v) is 5.64. The van der Waals surface area contributed by atoms with E-state index in [1.807, 2.05) is 54.6 Å². The summed E-state index contributed by atoms with van der Waals surface area (Å²) in [5.41, 5.74) is 1.24. The first-order chi connectivity index (χ1) is 17.5. The molecular formula is C27H24N4O5. The van der Waals surface area contributed by atoms with Crippen LogP contribution in [0.4, 0.5) is 5.69 Å². The average molecular weight is 485 g/mol. The molecular weight excluding hydrogens is 460 g/mol. The van der Waals surface area contributed by atoms with Gasteiger partial charge in [-0.1, -0.05) is 23.4 Å². The molecule has 9 heteroatoms. The van der Waals surface area contributed by atoms with Crippen LogP contribution in [0.2, 0.25) is 0 Å². The smallest absolute Gasteiger partial charge is 0.251 e. The van der Waals surface area contributed by atoms with E-state index in [1.165, 1.54) is 0 Å². The fourth-order valence-electron chi connectivity index (χ4n) is 3.89. The van der Waals surface area contributed by atoms with Gasteiger partial charge in [0.25, 0.3) is 5.91 Å². The van der Waals surface area contributed by atoms with Gasteiger partial charge in [0.05, 0.1) is 6.04 Å². The molecule has 2 heterocycles. The standard InChI is InChI=1S/C27H24N4O5/c1-18-28-25(30-36-18)17-34-22-11-7-19(8-12-22)27(33)29-20-15-26(32)31(16-20)21-9-13-24(14-10-21)35-23-5-3-2-4-6-23/h2-14,20H,15-17H2,1H3,(H,29,33). The maximum atomic E-state index is 12.7. The number of hydrogen-bond acceptors (Lipinski definition) is 7. The Morgan fingerprint density at radius 3 is 2.39 bits per heavy atom. The second kappa shape index (κ2) is 10.3. The van der Waals surface area contributed by atoms with Crippen LogP contribution in [-0.4, -0.2) is 34.5 Å². The normalized spacial score (nSPS) is 15.1. The van der Waals surface area contributed by atoms with E-state index in [-0.39, 0.29) is 30.9 Å². The van der Waals surface area contributed by atoms with Gasteiger partial charge in [-0.25, -0.2) is 0 Å². The summed E-state index contributed by atoms with van der Waals surface area (Å²) in [7, 11) is 0. The van der Waals surface area contributed by atoms with Crippen LogP contribution < -0.4 is 19.7 Å². The highest BCUT2D eigenvalue weighted by Gasteiger charge is 2.31. The third kappa shape index (κ3) is 5.52. The molecule has 1 fully saturated rings. The molecule has 9 nitrogen and oxygen atoms in total. The van der Waals surface area contributed by atoms with E-state index >= 15 is 0 Å². The van der Waals surface area contributed by atoms with Gasteiger partial charge in [0.1, 0.15) is 17.2 Å². The molecule has 0 saturated carbocycles. The number of anilines is 1. The number of carbonyl (C=O) groups excluding carboxylic acids is 2. The molecule has 0 bridgehead atoms. The Morgan fingerprint density at radius 1 is 1.00 bits per heavy atom. The highest BCUT2D eigenvalue weighted by molar-refractivity contribution is 5.99. The van der Waals surface area contributed by atoms with Crippen molar-refractivity contribution in [2.24, 2.45) is 0 Å². The van der Waals surface area contributed by atoms with Crippen LogP contribution in [0.15, 0.2) is 83.4 Å². The average Bonchev–Trinajstić information content (AvgIpc) is 3.48. The molecule has 3 aromatic carbocycles. The minimum absolute atomic E-state index is 0.0440. The molecule has 1 saturated heterocycles. The number of nitrogens with one attached hydrogen (secondary N) is 1. The predicted octanol–water partition coefficient (Wildman–Crippen LogP) is 4.28. The van der Waals surface area contributed by atoms with Crippen LogP contribution in [0.3, 0.4) is 0 Å². The fraction of sp³-hybridized carbons (Fsp3) is 0.185. The van der Waals surface area contributed by atoms with Crippen LogP contribution in [0.5, 0.6) is 17.2 Å². The van der Waals surface area contributed by atoms with E-state index in [0.717, 1.165) is 11.4 Å². The Labute approximate surface area is 207 Å². The van der Waals surface area contributed by atoms with Crippen LogP contribution in [-0.2, 0) is 11.4 Å². The number of benzene rings is 3. The summed E-state index contributed by atoms with van der Waals surface area (Å²) in [5, 5.41) is 6.73. The van der Waals surface area contributed by atoms with Gasteiger partial charge in [0.2, 0.25) is 17.6 Å². The first kappa shape index (κ1) is 23.1. The van der Waals surface area contributed by atoms with Crippen molar-refractivity contribution in [2.45, 2.75) is 26.0 Å². The highest BCUT2D eigenvalue weighted by atomic mass is 16.5. The van der Waals surface area contributed by atoms with Crippen LogP contribution in [0.1, 0.15) is 28.5 Å². The van der Waals surface area contributed by atoms with E-state index in [1.54, 1.807) is 36.1 Å². The maximum absolute atomic E-state index is 12.7. The quantitative estimate of drug-likeness (QED) is 0.398. The predicted molar refractivity (Wildman–Crippen MR) is 131 cm³/mol. The lowest BCUT2D eigenvalue weighted by molar-refractivity contribution is -0.117. The second-order valence-electron chi connectivity index (χ2n) is 8.33. The number of amides is 2. The van der Waals surface area contributed by atoms with Crippen molar-refractivity contribution >= 4 is 17.5 Å². The van der Waals surface area contributed by atoms with Crippen molar-refractivity contribution in [2.75, 3.05) is 11.4 Å². The number of hydrogen-bond donors (Lipinski definition) is 1. The van der Waals surface area contributed by atoms with Crippen LogP contribution in [0.25, 0.3) is 0 Å². The van der Waals surface area contributed by atoms with E-state index in [9.17, 15) is 9.59 Å². The van der Waals surface area contributed by atoms with Crippen molar-refractivity contribution in [3.8, 4) is 17.2 Å². The number of aromatic nitrogens is 2. The molecule has 5 rings (SSSR count). The zero-order valence-corrected chi connectivity index (χ0v) is 19.6. The first-order valence-corrected chi connectivity index (χ1v) is 11.5. The maximum Gasteiger partial charge on any atom is 0.251 e. The lowest BCUT2D eigenvalue weighted by Gasteiger charge is -2.18. The summed E-state index contributed by atoms with van der Waals surface area (Å²) < 4.78 is 16.3. The number of nitrogens with zero attached hydrogens (tertiary/aromatic N) is 3. The molecule has 2 amide bonds. The summed E-state index contributed by atoms with van der Waals surface area (Å²) >= 11 is 0. The van der Waals surface area contributed by atoms with Crippen molar-refractivity contribution in [1.82, 2.24) is 15.5 Å². The fourth-order valence-corrected chi connectivity index (χ4v) is 3.89. The minimum atomic E-state index is -0.289. The molecule has 0 aliphatic carbocycles. The molecule has 1 N–H and O–H groups in total. The van der Waals surface area contributed by atoms with Crippen molar-refractivity contribution in [3.63, 3.8) is 0 Å². The summed E-state index contributed by atoms with van der Waals surface area (Å²) in [6.45, 7) is 2.27. The Hall–Kier alpha value is -4.66. The van der Waals surface area contributed by atoms with Gasteiger partial charge in [-0.15, -0.1) is 0 Å². The largest absolute Gasteiger partial charge is 0.485 e. The van der Waals surface area contributed by atoms with Gasteiger partial charge in [0, 0.05) is 31.1 Å². The topological polar surface area (TPSA) is 107 Å². The van der Waals surface area contributed by atoms with Crippen LogP contribution in [0, 0.1) is 6.92 Å². The molecule has 4 aromatic rings. The van der Waals surface area contributed by atoms with Crippen molar-refractivity contribution < 1.29 is 23.6 Å². The van der Waals surface area contributed by atoms with Gasteiger partial charge in [0.15, 0.2) is 6.61 Å². The first-order valence-electron chi connectivity index (χ1n) is 11.5. The van der Waals surface area contributed by atoms with Gasteiger partial charge in [-0.2, -0.15) is 4.98 Å². The molecule has 1 aliphatic heterocycles. The molecule has 182 valence electrons. The van der Waals surface area contributed by atoms with Gasteiger partial charge in [-0.3, -0.25) is 9.59 Å². The van der Waals surface area contributed by atoms with Gasteiger partial charge >= 0.3 is 0 Å². The monoisotopic (exact) mass is 484 g/mol. The van der Waals surface area contributed by atoms with Crippen LogP contribution >= 0.6 is 0 Å². The Bertz CT molecular complexity index is 1340. The summed E-state index contributed by atoms with van der Waals surface area (Å²) in [5.74, 6) is 2.63. The number of ether oxygens (including phenoxy) is 2.